The average molecular weight is 559 g/mol. The van der Waals surface area contributed by atoms with Gasteiger partial charge in [0.1, 0.15) is 27.8 Å². The lowest BCUT2D eigenvalue weighted by Gasteiger charge is -2.16. The predicted molar refractivity (Wildman–Crippen MR) is 161 cm³/mol. The van der Waals surface area contributed by atoms with Crippen LogP contribution in [-0.4, -0.2) is 76.7 Å². The van der Waals surface area contributed by atoms with Crippen molar-refractivity contribution in [2.45, 2.75) is 19.4 Å². The second kappa shape index (κ2) is 12.4. The predicted octanol–water partition coefficient (Wildman–Crippen LogP) is 4.33. The van der Waals surface area contributed by atoms with E-state index in [-0.39, 0.29) is 5.75 Å². The Bertz CT molecular complexity index is 1690. The Morgan fingerprint density at radius 2 is 1.80 bits per heavy atom. The molecule has 0 saturated carbocycles. The average Bonchev–Trinajstić information content (AvgIpc) is 3.34. The first-order valence-corrected chi connectivity index (χ1v) is 15.4. The van der Waals surface area contributed by atoms with Gasteiger partial charge in [-0.25, -0.2) is 23.4 Å². The molecule has 0 spiro atoms. The summed E-state index contributed by atoms with van der Waals surface area (Å²) in [6.45, 7) is 2.88. The van der Waals surface area contributed by atoms with Crippen molar-refractivity contribution in [3.8, 4) is 0 Å². The second-order valence-corrected chi connectivity index (χ2v) is 12.3. The van der Waals surface area contributed by atoms with Gasteiger partial charge < -0.3 is 15.5 Å². The van der Waals surface area contributed by atoms with Gasteiger partial charge in [-0.3, -0.25) is 4.68 Å². The number of unbranched alkanes of at least 4 members (excludes halogenated alkanes) is 1. The fraction of sp³-hybridized carbons (Fsp3) is 0.310. The maximum atomic E-state index is 11.3. The van der Waals surface area contributed by atoms with Gasteiger partial charge in [0.25, 0.3) is 0 Å². The van der Waals surface area contributed by atoms with Gasteiger partial charge in [0, 0.05) is 35.8 Å². The molecule has 11 heteroatoms. The van der Waals surface area contributed by atoms with Gasteiger partial charge >= 0.3 is 0 Å². The standard InChI is InChI=1S/C29H34N8O2S/c1-36(14-15-40(2,38)39)13-7-6-12-30-28-17-25-26(19-31-28)32-21-33-29(25)35-24-10-11-27-23(16-24)18-34-37(27)20-22-8-4-3-5-9-22/h3-5,8-11,16-19,21H,6-7,12-15,20H2,1-2H3,(H,30,31)(H,32,33,35). The Morgan fingerprint density at radius 3 is 2.62 bits per heavy atom. The number of aromatic nitrogens is 5. The number of anilines is 3. The smallest absolute Gasteiger partial charge is 0.148 e. The van der Waals surface area contributed by atoms with Gasteiger partial charge in [0.2, 0.25) is 0 Å². The largest absolute Gasteiger partial charge is 0.370 e. The van der Waals surface area contributed by atoms with Gasteiger partial charge in [0.05, 0.1) is 35.7 Å². The first kappa shape index (κ1) is 27.5. The highest BCUT2D eigenvalue weighted by Crippen LogP contribution is 2.27. The minimum absolute atomic E-state index is 0.187. The van der Waals surface area contributed by atoms with E-state index in [2.05, 4.69) is 59.8 Å². The van der Waals surface area contributed by atoms with E-state index in [1.54, 1.807) is 6.20 Å². The molecule has 0 saturated heterocycles. The Balaban J connectivity index is 1.21. The van der Waals surface area contributed by atoms with E-state index >= 15 is 0 Å². The Hall–Kier alpha value is -4.09. The number of benzene rings is 2. The summed E-state index contributed by atoms with van der Waals surface area (Å²) in [5, 5.41) is 13.3. The summed E-state index contributed by atoms with van der Waals surface area (Å²) < 4.78 is 24.7. The van der Waals surface area contributed by atoms with Crippen molar-refractivity contribution in [3.63, 3.8) is 0 Å². The summed E-state index contributed by atoms with van der Waals surface area (Å²) >= 11 is 0. The molecular formula is C29H34N8O2S. The molecule has 5 aromatic rings. The van der Waals surface area contributed by atoms with E-state index < -0.39 is 9.84 Å². The number of nitrogens with zero attached hydrogens (tertiary/aromatic N) is 6. The highest BCUT2D eigenvalue weighted by Gasteiger charge is 2.10. The van der Waals surface area contributed by atoms with Gasteiger partial charge in [0.15, 0.2) is 0 Å². The van der Waals surface area contributed by atoms with Crippen molar-refractivity contribution in [2.24, 2.45) is 0 Å². The molecule has 2 aromatic carbocycles. The first-order valence-electron chi connectivity index (χ1n) is 13.3. The topological polar surface area (TPSA) is 118 Å². The third kappa shape index (κ3) is 7.30. The monoisotopic (exact) mass is 558 g/mol. The number of rotatable bonds is 13. The summed E-state index contributed by atoms with van der Waals surface area (Å²) in [6.07, 6.45) is 8.35. The lowest BCUT2D eigenvalue weighted by molar-refractivity contribution is 0.345. The minimum Gasteiger partial charge on any atom is -0.370 e. The fourth-order valence-corrected chi connectivity index (χ4v) is 5.14. The van der Waals surface area contributed by atoms with Crippen molar-refractivity contribution >= 4 is 49.0 Å². The van der Waals surface area contributed by atoms with Crippen LogP contribution in [0.15, 0.2) is 73.3 Å². The van der Waals surface area contributed by atoms with E-state index in [0.29, 0.717) is 12.4 Å². The quantitative estimate of drug-likeness (QED) is 0.204. The van der Waals surface area contributed by atoms with E-state index in [0.717, 1.165) is 65.8 Å². The molecule has 208 valence electrons. The van der Waals surface area contributed by atoms with Crippen LogP contribution in [0.3, 0.4) is 0 Å². The van der Waals surface area contributed by atoms with Crippen molar-refractivity contribution in [1.29, 1.82) is 0 Å². The van der Waals surface area contributed by atoms with Crippen LogP contribution in [-0.2, 0) is 16.4 Å². The Kier molecular flexibility index (Phi) is 8.51. The number of nitrogens with one attached hydrogen (secondary N) is 2. The minimum atomic E-state index is -2.93. The number of hydrogen-bond acceptors (Lipinski definition) is 9. The molecule has 0 amide bonds. The van der Waals surface area contributed by atoms with Crippen LogP contribution >= 0.6 is 0 Å². The molecule has 0 unspecified atom stereocenters. The molecule has 10 nitrogen and oxygen atoms in total. The summed E-state index contributed by atoms with van der Waals surface area (Å²) in [6, 6.07) is 18.4. The Morgan fingerprint density at radius 1 is 0.950 bits per heavy atom. The molecule has 0 fully saturated rings. The molecule has 0 aliphatic rings. The van der Waals surface area contributed by atoms with E-state index in [9.17, 15) is 8.42 Å². The van der Waals surface area contributed by atoms with Gasteiger partial charge in [-0.2, -0.15) is 5.10 Å². The molecule has 40 heavy (non-hydrogen) atoms. The van der Waals surface area contributed by atoms with Crippen LogP contribution in [0.4, 0.5) is 17.3 Å². The van der Waals surface area contributed by atoms with Crippen LogP contribution in [0.1, 0.15) is 18.4 Å². The van der Waals surface area contributed by atoms with Crippen LogP contribution in [0, 0.1) is 0 Å². The zero-order valence-corrected chi connectivity index (χ0v) is 23.6. The van der Waals surface area contributed by atoms with Crippen LogP contribution in [0.2, 0.25) is 0 Å². The van der Waals surface area contributed by atoms with E-state index in [1.165, 1.54) is 18.1 Å². The van der Waals surface area contributed by atoms with Gasteiger partial charge in [-0.15, -0.1) is 0 Å². The zero-order valence-electron chi connectivity index (χ0n) is 22.8. The van der Waals surface area contributed by atoms with E-state index in [1.807, 2.05) is 48.3 Å². The summed E-state index contributed by atoms with van der Waals surface area (Å²) in [4.78, 5) is 15.4. The third-order valence-electron chi connectivity index (χ3n) is 6.72. The van der Waals surface area contributed by atoms with Crippen molar-refractivity contribution in [2.75, 3.05) is 49.3 Å². The number of pyridine rings is 1. The molecule has 2 N–H and O–H groups in total. The van der Waals surface area contributed by atoms with Crippen molar-refractivity contribution in [3.05, 3.63) is 78.9 Å². The number of hydrogen-bond donors (Lipinski definition) is 2. The lowest BCUT2D eigenvalue weighted by atomic mass is 10.2. The molecule has 0 bridgehead atoms. The van der Waals surface area contributed by atoms with E-state index in [4.69, 9.17) is 0 Å². The van der Waals surface area contributed by atoms with Crippen molar-refractivity contribution in [1.82, 2.24) is 29.6 Å². The first-order chi connectivity index (χ1) is 19.3. The molecule has 3 heterocycles. The maximum absolute atomic E-state index is 11.3. The summed E-state index contributed by atoms with van der Waals surface area (Å²) in [5.74, 6) is 1.65. The van der Waals surface area contributed by atoms with Crippen LogP contribution in [0.25, 0.3) is 21.8 Å². The molecule has 0 radical (unpaired) electrons. The lowest BCUT2D eigenvalue weighted by Crippen LogP contribution is -2.26. The number of fused-ring (bicyclic) bond motifs is 2. The van der Waals surface area contributed by atoms with Gasteiger partial charge in [-0.1, -0.05) is 30.3 Å². The van der Waals surface area contributed by atoms with Crippen molar-refractivity contribution < 1.29 is 8.42 Å². The highest BCUT2D eigenvalue weighted by molar-refractivity contribution is 7.90. The Labute approximate surface area is 234 Å². The maximum Gasteiger partial charge on any atom is 0.148 e. The molecule has 5 rings (SSSR count). The second-order valence-electron chi connectivity index (χ2n) is 10.1. The van der Waals surface area contributed by atoms with Crippen LogP contribution < -0.4 is 10.6 Å². The molecular weight excluding hydrogens is 524 g/mol. The number of sulfone groups is 1. The molecule has 0 aliphatic carbocycles. The van der Waals surface area contributed by atoms with Crippen LogP contribution in [0.5, 0.6) is 0 Å². The fourth-order valence-electron chi connectivity index (χ4n) is 4.50. The SMILES string of the molecule is CN(CCCCNc1cc2c(Nc3ccc4c(cnn4Cc4ccccc4)c3)ncnc2cn1)CCS(C)(=O)=O. The molecule has 0 aliphatic heterocycles. The molecule has 0 atom stereocenters. The van der Waals surface area contributed by atoms with Gasteiger partial charge in [-0.05, 0) is 56.3 Å². The molecule has 3 aromatic heterocycles. The third-order valence-corrected chi connectivity index (χ3v) is 7.64. The normalized spacial score (nSPS) is 11.9. The summed E-state index contributed by atoms with van der Waals surface area (Å²) in [7, 11) is -0.982. The highest BCUT2D eigenvalue weighted by atomic mass is 32.2. The zero-order chi connectivity index (χ0) is 28.0. The summed E-state index contributed by atoms with van der Waals surface area (Å²) in [5.41, 5.74) is 3.95.